The zero-order chi connectivity index (χ0) is 14.7. The molecule has 0 aliphatic heterocycles. The molecular weight excluding hydrogens is 266 g/mol. The van der Waals surface area contributed by atoms with Crippen LogP contribution in [0.3, 0.4) is 0 Å². The second-order valence-corrected chi connectivity index (χ2v) is 4.53. The van der Waals surface area contributed by atoms with E-state index >= 15 is 0 Å². The lowest BCUT2D eigenvalue weighted by Gasteiger charge is -2.00. The number of furan rings is 1. The van der Waals surface area contributed by atoms with Crippen LogP contribution >= 0.6 is 0 Å². The van der Waals surface area contributed by atoms with Gasteiger partial charge in [-0.05, 0) is 31.2 Å². The predicted octanol–water partition coefficient (Wildman–Crippen LogP) is 2.98. The molecule has 3 rings (SSSR count). The number of hydrogen-bond acceptors (Lipinski definition) is 4. The first-order chi connectivity index (χ1) is 10.2. The summed E-state index contributed by atoms with van der Waals surface area (Å²) in [5, 5.41) is 5.06. The summed E-state index contributed by atoms with van der Waals surface area (Å²) in [6.07, 6.45) is 3.10. The first-order valence-electron chi connectivity index (χ1n) is 6.47. The number of fused-ring (bicyclic) bond motifs is 1. The molecular formula is C16H13N3O2. The van der Waals surface area contributed by atoms with Crippen molar-refractivity contribution < 1.29 is 9.21 Å². The molecule has 5 heteroatoms. The Kier molecular flexibility index (Phi) is 3.47. The second-order valence-electron chi connectivity index (χ2n) is 4.53. The lowest BCUT2D eigenvalue weighted by Crippen LogP contribution is -2.19. The van der Waals surface area contributed by atoms with E-state index in [1.807, 2.05) is 30.3 Å². The summed E-state index contributed by atoms with van der Waals surface area (Å²) in [7, 11) is 0. The Morgan fingerprint density at radius 2 is 2.10 bits per heavy atom. The highest BCUT2D eigenvalue weighted by Gasteiger charge is 2.08. The highest BCUT2D eigenvalue weighted by molar-refractivity contribution is 6.01. The Morgan fingerprint density at radius 1 is 1.24 bits per heavy atom. The number of para-hydroxylation sites is 1. The number of benzene rings is 1. The first kappa shape index (κ1) is 13.1. The van der Waals surface area contributed by atoms with Crippen LogP contribution in [0, 0.1) is 0 Å². The first-order valence-corrected chi connectivity index (χ1v) is 6.47. The largest absolute Gasteiger partial charge is 0.455 e. The predicted molar refractivity (Wildman–Crippen MR) is 80.1 cm³/mol. The molecule has 2 heterocycles. The molecule has 5 nitrogen and oxygen atoms in total. The van der Waals surface area contributed by atoms with Gasteiger partial charge >= 0.3 is 0 Å². The van der Waals surface area contributed by atoms with Gasteiger partial charge in [0.25, 0.3) is 5.91 Å². The third-order valence-corrected chi connectivity index (χ3v) is 3.03. The van der Waals surface area contributed by atoms with Gasteiger partial charge in [0.15, 0.2) is 5.76 Å². The average molecular weight is 279 g/mol. The van der Waals surface area contributed by atoms with Gasteiger partial charge in [-0.25, -0.2) is 5.43 Å². The zero-order valence-electron chi connectivity index (χ0n) is 11.4. The van der Waals surface area contributed by atoms with Crippen molar-refractivity contribution in [2.24, 2.45) is 5.10 Å². The fourth-order valence-electron chi connectivity index (χ4n) is 1.91. The molecule has 1 amide bonds. The molecule has 0 bridgehead atoms. The summed E-state index contributed by atoms with van der Waals surface area (Å²) in [6, 6.07) is 13.0. The van der Waals surface area contributed by atoms with Crippen molar-refractivity contribution in [3.05, 3.63) is 66.2 Å². The van der Waals surface area contributed by atoms with Crippen LogP contribution in [0.2, 0.25) is 0 Å². The summed E-state index contributed by atoms with van der Waals surface area (Å²) >= 11 is 0. The van der Waals surface area contributed by atoms with Gasteiger partial charge in [-0.1, -0.05) is 18.2 Å². The minimum atomic E-state index is -0.307. The molecule has 0 atom stereocenters. The van der Waals surface area contributed by atoms with E-state index in [0.717, 1.165) is 11.0 Å². The van der Waals surface area contributed by atoms with E-state index in [1.54, 1.807) is 25.3 Å². The molecule has 0 aliphatic rings. The molecule has 0 fully saturated rings. The minimum Gasteiger partial charge on any atom is -0.455 e. The number of rotatable bonds is 3. The van der Waals surface area contributed by atoms with E-state index in [1.165, 1.54) is 6.20 Å². The highest BCUT2D eigenvalue weighted by Crippen LogP contribution is 2.19. The van der Waals surface area contributed by atoms with Gasteiger partial charge in [0.1, 0.15) is 11.3 Å². The van der Waals surface area contributed by atoms with Crippen molar-refractivity contribution in [2.75, 3.05) is 0 Å². The van der Waals surface area contributed by atoms with E-state index in [0.29, 0.717) is 17.0 Å². The Labute approximate surface area is 121 Å². The van der Waals surface area contributed by atoms with E-state index in [9.17, 15) is 4.79 Å². The molecule has 0 aliphatic carbocycles. The number of nitrogens with zero attached hydrogens (tertiary/aromatic N) is 2. The summed E-state index contributed by atoms with van der Waals surface area (Å²) in [5.41, 5.74) is 4.34. The standard InChI is InChI=1S/C16H13N3O2/c1-11(15-9-12-5-2-3-7-14(12)21-15)18-19-16(20)13-6-4-8-17-10-13/h2-10H,1H3,(H,19,20)/b18-11+. The smallest absolute Gasteiger partial charge is 0.272 e. The normalized spacial score (nSPS) is 11.6. The molecule has 1 aromatic carbocycles. The molecule has 104 valence electrons. The summed E-state index contributed by atoms with van der Waals surface area (Å²) < 4.78 is 5.67. The van der Waals surface area contributed by atoms with Gasteiger partial charge in [0, 0.05) is 17.8 Å². The van der Waals surface area contributed by atoms with Crippen LogP contribution in [0.4, 0.5) is 0 Å². The van der Waals surface area contributed by atoms with Crippen LogP contribution in [-0.2, 0) is 0 Å². The maximum absolute atomic E-state index is 11.9. The van der Waals surface area contributed by atoms with E-state index < -0.39 is 0 Å². The van der Waals surface area contributed by atoms with Crippen LogP contribution in [-0.4, -0.2) is 16.6 Å². The van der Waals surface area contributed by atoms with Gasteiger partial charge in [-0.2, -0.15) is 5.10 Å². The topological polar surface area (TPSA) is 67.5 Å². The Bertz CT molecular complexity index is 774. The fraction of sp³-hybridized carbons (Fsp3) is 0.0625. The molecule has 0 unspecified atom stereocenters. The van der Waals surface area contributed by atoms with Crippen LogP contribution < -0.4 is 5.43 Å². The number of pyridine rings is 1. The number of carbonyl (C=O) groups excluding carboxylic acids is 1. The van der Waals surface area contributed by atoms with E-state index in [2.05, 4.69) is 15.5 Å². The van der Waals surface area contributed by atoms with Crippen molar-refractivity contribution in [1.29, 1.82) is 0 Å². The van der Waals surface area contributed by atoms with Crippen molar-refractivity contribution in [3.8, 4) is 0 Å². The molecule has 3 aromatic rings. The Morgan fingerprint density at radius 3 is 2.86 bits per heavy atom. The number of aromatic nitrogens is 1. The van der Waals surface area contributed by atoms with Crippen LogP contribution in [0.15, 0.2) is 64.4 Å². The van der Waals surface area contributed by atoms with E-state index in [-0.39, 0.29) is 5.91 Å². The SMILES string of the molecule is C/C(=N\NC(=O)c1cccnc1)c1cc2ccccc2o1. The minimum absolute atomic E-state index is 0.307. The quantitative estimate of drug-likeness (QED) is 0.592. The maximum atomic E-state index is 11.9. The van der Waals surface area contributed by atoms with Crippen molar-refractivity contribution in [3.63, 3.8) is 0 Å². The summed E-state index contributed by atoms with van der Waals surface area (Å²) in [4.78, 5) is 15.8. The molecule has 21 heavy (non-hydrogen) atoms. The third-order valence-electron chi connectivity index (χ3n) is 3.03. The summed E-state index contributed by atoms with van der Waals surface area (Å²) in [5.74, 6) is 0.321. The Balaban J connectivity index is 1.78. The van der Waals surface area contributed by atoms with Crippen LogP contribution in [0.1, 0.15) is 23.0 Å². The number of carbonyl (C=O) groups is 1. The molecule has 0 radical (unpaired) electrons. The van der Waals surface area contributed by atoms with Gasteiger partial charge in [0.2, 0.25) is 0 Å². The van der Waals surface area contributed by atoms with E-state index in [4.69, 9.17) is 4.42 Å². The van der Waals surface area contributed by atoms with Crippen molar-refractivity contribution in [1.82, 2.24) is 10.4 Å². The fourth-order valence-corrected chi connectivity index (χ4v) is 1.91. The van der Waals surface area contributed by atoms with Gasteiger partial charge in [-0.3, -0.25) is 9.78 Å². The lowest BCUT2D eigenvalue weighted by atomic mass is 10.2. The third kappa shape index (κ3) is 2.81. The second kappa shape index (κ2) is 5.58. The van der Waals surface area contributed by atoms with Gasteiger partial charge in [-0.15, -0.1) is 0 Å². The lowest BCUT2D eigenvalue weighted by molar-refractivity contribution is 0.0954. The number of hydrazone groups is 1. The number of hydrogen-bond donors (Lipinski definition) is 1. The van der Waals surface area contributed by atoms with Crippen LogP contribution in [0.25, 0.3) is 11.0 Å². The van der Waals surface area contributed by atoms with Gasteiger partial charge < -0.3 is 4.42 Å². The number of amides is 1. The van der Waals surface area contributed by atoms with Crippen LogP contribution in [0.5, 0.6) is 0 Å². The monoisotopic (exact) mass is 279 g/mol. The Hall–Kier alpha value is -2.95. The molecule has 2 aromatic heterocycles. The molecule has 0 saturated heterocycles. The molecule has 1 N–H and O–H groups in total. The van der Waals surface area contributed by atoms with Crippen molar-refractivity contribution in [2.45, 2.75) is 6.92 Å². The number of nitrogens with one attached hydrogen (secondary N) is 1. The summed E-state index contributed by atoms with van der Waals surface area (Å²) in [6.45, 7) is 1.78. The van der Waals surface area contributed by atoms with Crippen molar-refractivity contribution >= 4 is 22.6 Å². The average Bonchev–Trinajstić information content (AvgIpc) is 2.97. The van der Waals surface area contributed by atoms with Gasteiger partial charge in [0.05, 0.1) is 5.56 Å². The molecule has 0 saturated carbocycles. The zero-order valence-corrected chi connectivity index (χ0v) is 11.4. The highest BCUT2D eigenvalue weighted by atomic mass is 16.3. The maximum Gasteiger partial charge on any atom is 0.272 e. The molecule has 0 spiro atoms.